The summed E-state index contributed by atoms with van der Waals surface area (Å²) in [4.78, 5) is 17.7. The molecule has 0 saturated carbocycles. The summed E-state index contributed by atoms with van der Waals surface area (Å²) >= 11 is 5.71. The van der Waals surface area contributed by atoms with Crippen LogP contribution in [0.25, 0.3) is 10.9 Å². The number of nitrogen functional groups attached to an aromatic ring is 1. The van der Waals surface area contributed by atoms with E-state index < -0.39 is 4.92 Å². The summed E-state index contributed by atoms with van der Waals surface area (Å²) < 4.78 is 0. The van der Waals surface area contributed by atoms with Gasteiger partial charge in [-0.25, -0.2) is 9.97 Å². The average molecular weight is 225 g/mol. The Bertz CT molecular complexity index is 558. The SMILES string of the molecule is Nc1ncnc2cc(Cl)c([N+](=O)[O-])cc12. The van der Waals surface area contributed by atoms with Crippen LogP contribution in [-0.2, 0) is 0 Å². The zero-order valence-electron chi connectivity index (χ0n) is 7.35. The normalized spacial score (nSPS) is 10.5. The van der Waals surface area contributed by atoms with Gasteiger partial charge in [-0.05, 0) is 6.07 Å². The molecule has 2 rings (SSSR count). The van der Waals surface area contributed by atoms with Gasteiger partial charge in [0.05, 0.1) is 10.4 Å². The summed E-state index contributed by atoms with van der Waals surface area (Å²) in [7, 11) is 0. The quantitative estimate of drug-likeness (QED) is 0.588. The number of aromatic nitrogens is 2. The van der Waals surface area contributed by atoms with Crippen LogP contribution in [0.5, 0.6) is 0 Å². The molecule has 0 aliphatic heterocycles. The maximum absolute atomic E-state index is 10.6. The zero-order valence-corrected chi connectivity index (χ0v) is 8.10. The average Bonchev–Trinajstić information content (AvgIpc) is 2.16. The highest BCUT2D eigenvalue weighted by atomic mass is 35.5. The summed E-state index contributed by atoms with van der Waals surface area (Å²) in [6, 6.07) is 2.67. The number of nitrogens with zero attached hydrogens (tertiary/aromatic N) is 3. The molecule has 0 spiro atoms. The van der Waals surface area contributed by atoms with Gasteiger partial charge in [0.15, 0.2) is 0 Å². The molecule has 7 heteroatoms. The summed E-state index contributed by atoms with van der Waals surface area (Å²) in [5.41, 5.74) is 5.84. The number of rotatable bonds is 1. The Morgan fingerprint density at radius 2 is 2.13 bits per heavy atom. The van der Waals surface area contributed by atoms with Gasteiger partial charge in [-0.3, -0.25) is 10.1 Å². The Kier molecular flexibility index (Phi) is 2.12. The summed E-state index contributed by atoms with van der Waals surface area (Å²) in [5.74, 6) is 0.194. The molecule has 15 heavy (non-hydrogen) atoms. The number of nitro benzene ring substituents is 1. The first-order valence-corrected chi connectivity index (χ1v) is 4.31. The smallest absolute Gasteiger partial charge is 0.288 e. The lowest BCUT2D eigenvalue weighted by Crippen LogP contribution is -1.95. The lowest BCUT2D eigenvalue weighted by atomic mass is 10.2. The second-order valence-electron chi connectivity index (χ2n) is 2.84. The standard InChI is InChI=1S/C8H5ClN4O2/c9-5-2-6-4(1-7(5)13(14)15)8(10)12-3-11-6/h1-3H,(H2,10,11,12). The number of anilines is 1. The van der Waals surface area contributed by atoms with E-state index in [-0.39, 0.29) is 16.5 Å². The van der Waals surface area contributed by atoms with Crippen molar-refractivity contribution in [3.05, 3.63) is 33.6 Å². The molecule has 0 radical (unpaired) electrons. The van der Waals surface area contributed by atoms with E-state index >= 15 is 0 Å². The predicted octanol–water partition coefficient (Wildman–Crippen LogP) is 1.77. The lowest BCUT2D eigenvalue weighted by Gasteiger charge is -2.01. The fraction of sp³-hybridized carbons (Fsp3) is 0. The van der Waals surface area contributed by atoms with E-state index in [2.05, 4.69) is 9.97 Å². The fourth-order valence-corrected chi connectivity index (χ4v) is 1.45. The zero-order chi connectivity index (χ0) is 11.0. The number of hydrogen-bond donors (Lipinski definition) is 1. The van der Waals surface area contributed by atoms with Gasteiger partial charge in [0.1, 0.15) is 17.2 Å². The van der Waals surface area contributed by atoms with Crippen molar-refractivity contribution in [1.82, 2.24) is 9.97 Å². The van der Waals surface area contributed by atoms with E-state index in [4.69, 9.17) is 17.3 Å². The molecule has 0 atom stereocenters. The molecule has 1 aromatic carbocycles. The van der Waals surface area contributed by atoms with Crippen LogP contribution in [0, 0.1) is 10.1 Å². The third-order valence-electron chi connectivity index (χ3n) is 1.93. The fourth-order valence-electron chi connectivity index (χ4n) is 1.23. The first kappa shape index (κ1) is 9.60. The maximum Gasteiger partial charge on any atom is 0.288 e. The van der Waals surface area contributed by atoms with E-state index in [1.54, 1.807) is 0 Å². The Morgan fingerprint density at radius 1 is 1.40 bits per heavy atom. The highest BCUT2D eigenvalue weighted by molar-refractivity contribution is 6.33. The van der Waals surface area contributed by atoms with Crippen molar-refractivity contribution in [3.63, 3.8) is 0 Å². The van der Waals surface area contributed by atoms with Crippen molar-refractivity contribution >= 4 is 34.0 Å². The van der Waals surface area contributed by atoms with E-state index in [0.717, 1.165) is 0 Å². The third-order valence-corrected chi connectivity index (χ3v) is 2.23. The van der Waals surface area contributed by atoms with Crippen molar-refractivity contribution in [2.75, 3.05) is 5.73 Å². The van der Waals surface area contributed by atoms with Crippen LogP contribution in [0.3, 0.4) is 0 Å². The number of hydrogen-bond acceptors (Lipinski definition) is 5. The molecule has 0 fully saturated rings. The molecule has 6 nitrogen and oxygen atoms in total. The van der Waals surface area contributed by atoms with Crippen molar-refractivity contribution in [3.8, 4) is 0 Å². The number of benzene rings is 1. The van der Waals surface area contributed by atoms with Crippen molar-refractivity contribution < 1.29 is 4.92 Å². The minimum Gasteiger partial charge on any atom is -0.383 e. The topological polar surface area (TPSA) is 94.9 Å². The van der Waals surface area contributed by atoms with Gasteiger partial charge in [-0.15, -0.1) is 0 Å². The van der Waals surface area contributed by atoms with Gasteiger partial charge in [0, 0.05) is 11.5 Å². The predicted molar refractivity (Wildman–Crippen MR) is 55.6 cm³/mol. The van der Waals surface area contributed by atoms with Crippen LogP contribution in [0.4, 0.5) is 11.5 Å². The highest BCUT2D eigenvalue weighted by Crippen LogP contribution is 2.30. The van der Waals surface area contributed by atoms with Crippen LogP contribution in [0.15, 0.2) is 18.5 Å². The van der Waals surface area contributed by atoms with E-state index in [9.17, 15) is 10.1 Å². The Labute approximate surface area is 88.8 Å². The van der Waals surface area contributed by atoms with Gasteiger partial charge in [-0.2, -0.15) is 0 Å². The Morgan fingerprint density at radius 3 is 2.80 bits per heavy atom. The van der Waals surface area contributed by atoms with Gasteiger partial charge < -0.3 is 5.73 Å². The van der Waals surface area contributed by atoms with Crippen LogP contribution in [0.1, 0.15) is 0 Å². The Balaban J connectivity index is 2.83. The van der Waals surface area contributed by atoms with Gasteiger partial charge >= 0.3 is 0 Å². The number of nitrogens with two attached hydrogens (primary N) is 1. The molecule has 0 aliphatic carbocycles. The summed E-state index contributed by atoms with van der Waals surface area (Å²) in [6.45, 7) is 0. The van der Waals surface area contributed by atoms with Crippen LogP contribution in [-0.4, -0.2) is 14.9 Å². The molecule has 0 aliphatic rings. The summed E-state index contributed by atoms with van der Waals surface area (Å²) in [6.07, 6.45) is 1.28. The van der Waals surface area contributed by atoms with Gasteiger partial charge in [0.25, 0.3) is 5.69 Å². The monoisotopic (exact) mass is 224 g/mol. The van der Waals surface area contributed by atoms with Crippen molar-refractivity contribution in [1.29, 1.82) is 0 Å². The molecule has 76 valence electrons. The second-order valence-corrected chi connectivity index (χ2v) is 3.24. The molecule has 2 N–H and O–H groups in total. The molecule has 0 unspecified atom stereocenters. The molecular formula is C8H5ClN4O2. The molecule has 0 saturated heterocycles. The molecule has 2 aromatic rings. The molecular weight excluding hydrogens is 220 g/mol. The van der Waals surface area contributed by atoms with Crippen LogP contribution >= 0.6 is 11.6 Å². The van der Waals surface area contributed by atoms with Crippen LogP contribution < -0.4 is 5.73 Å². The van der Waals surface area contributed by atoms with E-state index in [1.807, 2.05) is 0 Å². The molecule has 1 heterocycles. The first-order valence-electron chi connectivity index (χ1n) is 3.93. The number of fused-ring (bicyclic) bond motifs is 1. The number of nitro groups is 1. The lowest BCUT2D eigenvalue weighted by molar-refractivity contribution is -0.384. The largest absolute Gasteiger partial charge is 0.383 e. The van der Waals surface area contributed by atoms with Crippen molar-refractivity contribution in [2.24, 2.45) is 0 Å². The Hall–Kier alpha value is -1.95. The maximum atomic E-state index is 10.6. The first-order chi connectivity index (χ1) is 7.09. The van der Waals surface area contributed by atoms with E-state index in [0.29, 0.717) is 10.9 Å². The van der Waals surface area contributed by atoms with E-state index in [1.165, 1.54) is 18.5 Å². The van der Waals surface area contributed by atoms with Crippen molar-refractivity contribution in [2.45, 2.75) is 0 Å². The minimum atomic E-state index is -0.575. The number of halogens is 1. The van der Waals surface area contributed by atoms with Crippen LogP contribution in [0.2, 0.25) is 5.02 Å². The molecule has 1 aromatic heterocycles. The molecule has 0 bridgehead atoms. The van der Waals surface area contributed by atoms with Gasteiger partial charge in [0.2, 0.25) is 0 Å². The third kappa shape index (κ3) is 1.55. The highest BCUT2D eigenvalue weighted by Gasteiger charge is 2.15. The van der Waals surface area contributed by atoms with Gasteiger partial charge in [-0.1, -0.05) is 11.6 Å². The summed E-state index contributed by atoms with van der Waals surface area (Å²) in [5, 5.41) is 11.1. The molecule has 0 amide bonds. The minimum absolute atomic E-state index is 0.0330. The second kappa shape index (κ2) is 3.32.